The zero-order valence-corrected chi connectivity index (χ0v) is 15.8. The molecule has 2 aromatic carbocycles. The van der Waals surface area contributed by atoms with Crippen molar-refractivity contribution >= 4 is 11.5 Å². The molecular formula is C21H20N4O4. The van der Waals surface area contributed by atoms with Crippen LogP contribution in [0.15, 0.2) is 72.1 Å². The molecule has 0 aliphatic heterocycles. The van der Waals surface area contributed by atoms with Crippen LogP contribution < -0.4 is 10.5 Å². The van der Waals surface area contributed by atoms with Crippen LogP contribution in [0.4, 0.5) is 5.69 Å². The number of benzene rings is 2. The molecule has 0 saturated heterocycles. The third kappa shape index (κ3) is 5.29. The molecule has 0 bridgehead atoms. The predicted molar refractivity (Wildman–Crippen MR) is 108 cm³/mol. The van der Waals surface area contributed by atoms with E-state index < -0.39 is 4.92 Å². The highest BCUT2D eigenvalue weighted by Crippen LogP contribution is 2.21. The van der Waals surface area contributed by atoms with Gasteiger partial charge in [-0.1, -0.05) is 23.4 Å². The molecule has 8 nitrogen and oxygen atoms in total. The van der Waals surface area contributed by atoms with Gasteiger partial charge in [-0.3, -0.25) is 15.1 Å². The maximum absolute atomic E-state index is 11.0. The fraction of sp³-hybridized carbons (Fsp3) is 0.143. The lowest BCUT2D eigenvalue weighted by Gasteiger charge is -2.08. The molecule has 0 fully saturated rings. The molecule has 0 aliphatic carbocycles. The van der Waals surface area contributed by atoms with E-state index in [-0.39, 0.29) is 18.1 Å². The minimum atomic E-state index is -0.422. The molecule has 1 heterocycles. The van der Waals surface area contributed by atoms with Gasteiger partial charge in [0.05, 0.1) is 4.92 Å². The number of aromatic nitrogens is 1. The third-order valence-electron chi connectivity index (χ3n) is 4.28. The Balaban J connectivity index is 1.57. The molecule has 0 amide bonds. The fourth-order valence-electron chi connectivity index (χ4n) is 2.62. The molecular weight excluding hydrogens is 372 g/mol. The van der Waals surface area contributed by atoms with Gasteiger partial charge in [-0.05, 0) is 37.3 Å². The Hall–Kier alpha value is -3.94. The molecule has 29 heavy (non-hydrogen) atoms. The summed E-state index contributed by atoms with van der Waals surface area (Å²) in [6.07, 6.45) is 3.46. The van der Waals surface area contributed by atoms with Gasteiger partial charge in [-0.2, -0.15) is 0 Å². The Kier molecular flexibility index (Phi) is 6.36. The summed E-state index contributed by atoms with van der Waals surface area (Å²) in [5, 5.41) is 14.9. The molecule has 0 saturated carbocycles. The second-order valence-electron chi connectivity index (χ2n) is 6.24. The number of nitro benzene ring substituents is 1. The van der Waals surface area contributed by atoms with Crippen LogP contribution in [0.2, 0.25) is 0 Å². The third-order valence-corrected chi connectivity index (χ3v) is 4.28. The number of amidine groups is 1. The zero-order valence-electron chi connectivity index (χ0n) is 15.8. The van der Waals surface area contributed by atoms with Crippen LogP contribution in [-0.2, 0) is 18.1 Å². The summed E-state index contributed by atoms with van der Waals surface area (Å²) in [7, 11) is 0. The summed E-state index contributed by atoms with van der Waals surface area (Å²) < 4.78 is 5.70. The summed E-state index contributed by atoms with van der Waals surface area (Å²) in [5.41, 5.74) is 8.87. The molecule has 8 heteroatoms. The molecule has 2 N–H and O–H groups in total. The second-order valence-corrected chi connectivity index (χ2v) is 6.24. The first-order chi connectivity index (χ1) is 14.0. The number of hydrogen-bond acceptors (Lipinski definition) is 6. The molecule has 0 atom stereocenters. The molecule has 0 spiro atoms. The van der Waals surface area contributed by atoms with Crippen molar-refractivity contribution < 1.29 is 14.5 Å². The van der Waals surface area contributed by atoms with E-state index in [1.165, 1.54) is 6.07 Å². The van der Waals surface area contributed by atoms with E-state index >= 15 is 0 Å². The zero-order chi connectivity index (χ0) is 20.6. The van der Waals surface area contributed by atoms with Gasteiger partial charge >= 0.3 is 0 Å². The van der Waals surface area contributed by atoms with Crippen LogP contribution in [0.5, 0.6) is 5.75 Å². The summed E-state index contributed by atoms with van der Waals surface area (Å²) in [5.74, 6) is 0.894. The van der Waals surface area contributed by atoms with Crippen LogP contribution in [0.25, 0.3) is 0 Å². The smallest absolute Gasteiger partial charge is 0.272 e. The predicted octanol–water partition coefficient (Wildman–Crippen LogP) is 3.71. The van der Waals surface area contributed by atoms with E-state index in [2.05, 4.69) is 10.1 Å². The maximum atomic E-state index is 11.0. The fourth-order valence-corrected chi connectivity index (χ4v) is 2.62. The van der Waals surface area contributed by atoms with E-state index in [1.807, 2.05) is 12.1 Å². The number of nitrogens with two attached hydrogens (primary N) is 1. The standard InChI is InChI=1S/C21H20N4O4/c1-15-18(5-2-6-20(15)25(26)27)14-29-24-21(22)17-7-9-19(10-8-17)28-13-16-4-3-11-23-12-16/h2-12H,13-14H2,1H3,(H2,22,24). The average molecular weight is 392 g/mol. The number of oxime groups is 1. The first-order valence-electron chi connectivity index (χ1n) is 8.85. The quantitative estimate of drug-likeness (QED) is 0.271. The Morgan fingerprint density at radius 2 is 1.93 bits per heavy atom. The first kappa shape index (κ1) is 19.8. The van der Waals surface area contributed by atoms with Crippen LogP contribution >= 0.6 is 0 Å². The van der Waals surface area contributed by atoms with Gasteiger partial charge in [0.2, 0.25) is 0 Å². The Morgan fingerprint density at radius 1 is 1.14 bits per heavy atom. The summed E-state index contributed by atoms with van der Waals surface area (Å²) in [4.78, 5) is 19.9. The molecule has 0 aliphatic rings. The van der Waals surface area contributed by atoms with Crippen molar-refractivity contribution in [2.24, 2.45) is 10.9 Å². The SMILES string of the molecule is Cc1c(CON=C(N)c2ccc(OCc3cccnc3)cc2)cccc1[N+](=O)[O-]. The van der Waals surface area contributed by atoms with E-state index in [0.29, 0.717) is 29.0 Å². The number of rotatable bonds is 8. The van der Waals surface area contributed by atoms with Crippen molar-refractivity contribution in [2.45, 2.75) is 20.1 Å². The lowest BCUT2D eigenvalue weighted by Crippen LogP contribution is -2.13. The molecule has 148 valence electrons. The molecule has 0 unspecified atom stereocenters. The van der Waals surface area contributed by atoms with Gasteiger partial charge in [0.25, 0.3) is 5.69 Å². The van der Waals surface area contributed by atoms with Gasteiger partial charge in [0.15, 0.2) is 5.84 Å². The van der Waals surface area contributed by atoms with E-state index in [1.54, 1.807) is 55.7 Å². The van der Waals surface area contributed by atoms with Crippen molar-refractivity contribution in [3.63, 3.8) is 0 Å². The molecule has 3 aromatic rings. The van der Waals surface area contributed by atoms with Crippen LogP contribution in [-0.4, -0.2) is 15.7 Å². The van der Waals surface area contributed by atoms with Crippen LogP contribution in [0.3, 0.4) is 0 Å². The monoisotopic (exact) mass is 392 g/mol. The average Bonchev–Trinajstić information content (AvgIpc) is 2.74. The number of nitro groups is 1. The summed E-state index contributed by atoms with van der Waals surface area (Å²) >= 11 is 0. The van der Waals surface area contributed by atoms with Crippen molar-refractivity contribution in [1.29, 1.82) is 0 Å². The first-order valence-corrected chi connectivity index (χ1v) is 8.85. The summed E-state index contributed by atoms with van der Waals surface area (Å²) in [6.45, 7) is 2.18. The lowest BCUT2D eigenvalue weighted by molar-refractivity contribution is -0.385. The minimum Gasteiger partial charge on any atom is -0.489 e. The number of ether oxygens (including phenoxy) is 1. The molecule has 1 aromatic heterocycles. The molecule has 3 rings (SSSR count). The van der Waals surface area contributed by atoms with E-state index in [0.717, 1.165) is 5.56 Å². The highest BCUT2D eigenvalue weighted by Gasteiger charge is 2.13. The highest BCUT2D eigenvalue weighted by atomic mass is 16.6. The van der Waals surface area contributed by atoms with Gasteiger partial charge in [0.1, 0.15) is 19.0 Å². The second kappa shape index (κ2) is 9.32. The van der Waals surface area contributed by atoms with Gasteiger partial charge in [-0.25, -0.2) is 0 Å². The lowest BCUT2D eigenvalue weighted by atomic mass is 10.1. The van der Waals surface area contributed by atoms with Gasteiger partial charge < -0.3 is 15.3 Å². The Labute approximate surface area is 167 Å². The normalized spacial score (nSPS) is 11.1. The van der Waals surface area contributed by atoms with Crippen molar-refractivity contribution in [3.8, 4) is 5.75 Å². The van der Waals surface area contributed by atoms with E-state index in [4.69, 9.17) is 15.3 Å². The van der Waals surface area contributed by atoms with Gasteiger partial charge in [0, 0.05) is 40.7 Å². The highest BCUT2D eigenvalue weighted by molar-refractivity contribution is 5.97. The summed E-state index contributed by atoms with van der Waals surface area (Å²) in [6, 6.07) is 15.7. The van der Waals surface area contributed by atoms with Crippen molar-refractivity contribution in [2.75, 3.05) is 0 Å². The Bertz CT molecular complexity index is 1000. The number of nitrogens with zero attached hydrogens (tertiary/aromatic N) is 3. The minimum absolute atomic E-state index is 0.0462. The van der Waals surface area contributed by atoms with Crippen LogP contribution in [0.1, 0.15) is 22.3 Å². The maximum Gasteiger partial charge on any atom is 0.272 e. The van der Waals surface area contributed by atoms with Crippen molar-refractivity contribution in [3.05, 3.63) is 99.4 Å². The largest absolute Gasteiger partial charge is 0.489 e. The van der Waals surface area contributed by atoms with Crippen molar-refractivity contribution in [1.82, 2.24) is 4.98 Å². The topological polar surface area (TPSA) is 113 Å². The molecule has 0 radical (unpaired) electrons. The number of hydrogen-bond donors (Lipinski definition) is 1. The number of pyridine rings is 1. The van der Waals surface area contributed by atoms with Gasteiger partial charge in [-0.15, -0.1) is 0 Å². The Morgan fingerprint density at radius 3 is 2.62 bits per heavy atom. The van der Waals surface area contributed by atoms with E-state index in [9.17, 15) is 10.1 Å². The van der Waals surface area contributed by atoms with Crippen LogP contribution in [0, 0.1) is 17.0 Å².